The van der Waals surface area contributed by atoms with Gasteiger partial charge in [0.15, 0.2) is 0 Å². The van der Waals surface area contributed by atoms with E-state index in [4.69, 9.17) is 0 Å². The van der Waals surface area contributed by atoms with Gasteiger partial charge < -0.3 is 5.32 Å². The van der Waals surface area contributed by atoms with Crippen LogP contribution in [0.15, 0.2) is 47.4 Å². The summed E-state index contributed by atoms with van der Waals surface area (Å²) in [6, 6.07) is 12.0. The Morgan fingerprint density at radius 2 is 1.71 bits per heavy atom. The molecular formula is C18H20N2O3S. The highest BCUT2D eigenvalue weighted by Gasteiger charge is 2.24. The van der Waals surface area contributed by atoms with Gasteiger partial charge in [-0.25, -0.2) is 8.42 Å². The fourth-order valence-electron chi connectivity index (χ4n) is 2.67. The Hall–Kier alpha value is -2.34. The molecule has 0 saturated heterocycles. The topological polar surface area (TPSA) is 75.3 Å². The van der Waals surface area contributed by atoms with Crippen molar-refractivity contribution in [1.29, 1.82) is 0 Å². The lowest BCUT2D eigenvalue weighted by molar-refractivity contribution is -0.115. The van der Waals surface area contributed by atoms with Gasteiger partial charge in [0, 0.05) is 0 Å². The highest BCUT2D eigenvalue weighted by molar-refractivity contribution is 7.92. The van der Waals surface area contributed by atoms with Crippen LogP contribution in [-0.2, 0) is 26.7 Å². The van der Waals surface area contributed by atoms with Crippen molar-refractivity contribution in [2.75, 3.05) is 10.0 Å². The van der Waals surface area contributed by atoms with Crippen LogP contribution in [0.2, 0.25) is 0 Å². The van der Waals surface area contributed by atoms with Crippen LogP contribution in [0.1, 0.15) is 31.9 Å². The third-order valence-electron chi connectivity index (χ3n) is 4.04. The Kier molecular flexibility index (Phi) is 3.87. The number of para-hydroxylation sites is 1. The molecule has 0 aromatic heterocycles. The average molecular weight is 344 g/mol. The zero-order valence-electron chi connectivity index (χ0n) is 13.9. The molecule has 0 saturated carbocycles. The number of nitrogens with one attached hydrogen (secondary N) is 2. The fourth-order valence-corrected chi connectivity index (χ4v) is 3.75. The van der Waals surface area contributed by atoms with E-state index in [9.17, 15) is 13.2 Å². The van der Waals surface area contributed by atoms with Crippen molar-refractivity contribution in [1.82, 2.24) is 0 Å². The van der Waals surface area contributed by atoms with Gasteiger partial charge in [0.05, 0.1) is 22.7 Å². The first-order chi connectivity index (χ1) is 11.2. The summed E-state index contributed by atoms with van der Waals surface area (Å²) in [6.45, 7) is 6.22. The molecule has 6 heteroatoms. The molecule has 2 aromatic rings. The number of hydrogen-bond donors (Lipinski definition) is 2. The van der Waals surface area contributed by atoms with Gasteiger partial charge in [-0.1, -0.05) is 45.0 Å². The number of rotatable bonds is 3. The smallest absolute Gasteiger partial charge is 0.261 e. The number of fused-ring (bicyclic) bond motifs is 1. The molecule has 0 fully saturated rings. The third-order valence-corrected chi connectivity index (χ3v) is 5.42. The predicted octanol–water partition coefficient (Wildman–Crippen LogP) is 3.28. The second-order valence-corrected chi connectivity index (χ2v) is 8.63. The van der Waals surface area contributed by atoms with Gasteiger partial charge >= 0.3 is 0 Å². The van der Waals surface area contributed by atoms with Crippen molar-refractivity contribution in [2.45, 2.75) is 37.5 Å². The second-order valence-electron chi connectivity index (χ2n) is 6.94. The van der Waals surface area contributed by atoms with E-state index >= 15 is 0 Å². The molecule has 0 bridgehead atoms. The van der Waals surface area contributed by atoms with Gasteiger partial charge in [0.25, 0.3) is 10.0 Å². The zero-order valence-corrected chi connectivity index (χ0v) is 14.7. The Morgan fingerprint density at radius 3 is 2.33 bits per heavy atom. The number of carbonyl (C=O) groups excluding carboxylic acids is 1. The molecule has 1 heterocycles. The molecular weight excluding hydrogens is 324 g/mol. The average Bonchev–Trinajstić information content (AvgIpc) is 2.88. The summed E-state index contributed by atoms with van der Waals surface area (Å²) >= 11 is 0. The first kappa shape index (κ1) is 16.5. The number of sulfonamides is 1. The largest absolute Gasteiger partial charge is 0.324 e. The summed E-state index contributed by atoms with van der Waals surface area (Å²) in [4.78, 5) is 11.7. The first-order valence-corrected chi connectivity index (χ1v) is 9.20. The van der Waals surface area contributed by atoms with Crippen LogP contribution in [-0.4, -0.2) is 14.3 Å². The van der Waals surface area contributed by atoms with Crippen molar-refractivity contribution in [3.63, 3.8) is 0 Å². The minimum atomic E-state index is -3.72. The second kappa shape index (κ2) is 5.63. The van der Waals surface area contributed by atoms with E-state index < -0.39 is 10.0 Å². The van der Waals surface area contributed by atoms with Crippen LogP contribution >= 0.6 is 0 Å². The van der Waals surface area contributed by atoms with E-state index in [1.807, 2.05) is 18.2 Å². The molecule has 126 valence electrons. The molecule has 0 atom stereocenters. The SMILES string of the molecule is CC(C)(C)c1ccc(S(=O)(=O)Nc2cccc3c2NC(=O)C3)cc1. The summed E-state index contributed by atoms with van der Waals surface area (Å²) in [5, 5.41) is 2.70. The number of anilines is 2. The van der Waals surface area contributed by atoms with E-state index in [2.05, 4.69) is 30.8 Å². The fraction of sp³-hybridized carbons (Fsp3) is 0.278. The number of benzene rings is 2. The normalized spacial score (nSPS) is 14.2. The number of amides is 1. The molecule has 1 amide bonds. The molecule has 1 aliphatic heterocycles. The molecule has 0 unspecified atom stereocenters. The molecule has 5 nitrogen and oxygen atoms in total. The van der Waals surface area contributed by atoms with Crippen molar-refractivity contribution in [3.8, 4) is 0 Å². The zero-order chi connectivity index (χ0) is 17.5. The van der Waals surface area contributed by atoms with Crippen LogP contribution in [0.3, 0.4) is 0 Å². The Morgan fingerprint density at radius 1 is 1.04 bits per heavy atom. The van der Waals surface area contributed by atoms with Gasteiger partial charge in [-0.2, -0.15) is 0 Å². The van der Waals surface area contributed by atoms with E-state index in [-0.39, 0.29) is 22.6 Å². The summed E-state index contributed by atoms with van der Waals surface area (Å²) < 4.78 is 27.8. The summed E-state index contributed by atoms with van der Waals surface area (Å²) in [6.07, 6.45) is 0.269. The molecule has 1 aliphatic rings. The third kappa shape index (κ3) is 3.14. The lowest BCUT2D eigenvalue weighted by Gasteiger charge is -2.19. The molecule has 0 aliphatic carbocycles. The van der Waals surface area contributed by atoms with E-state index in [1.165, 1.54) is 0 Å². The Balaban J connectivity index is 1.91. The monoisotopic (exact) mass is 344 g/mol. The van der Waals surface area contributed by atoms with E-state index in [1.54, 1.807) is 24.3 Å². The van der Waals surface area contributed by atoms with Crippen LogP contribution in [0, 0.1) is 0 Å². The van der Waals surface area contributed by atoms with Crippen LogP contribution in [0.4, 0.5) is 11.4 Å². The van der Waals surface area contributed by atoms with Crippen molar-refractivity contribution in [3.05, 3.63) is 53.6 Å². The van der Waals surface area contributed by atoms with Crippen LogP contribution in [0.5, 0.6) is 0 Å². The highest BCUT2D eigenvalue weighted by Crippen LogP contribution is 2.33. The Labute approximate surface area is 142 Å². The minimum Gasteiger partial charge on any atom is -0.324 e. The lowest BCUT2D eigenvalue weighted by atomic mass is 9.87. The summed E-state index contributed by atoms with van der Waals surface area (Å²) in [5.41, 5.74) is 2.74. The summed E-state index contributed by atoms with van der Waals surface area (Å²) in [7, 11) is -3.72. The van der Waals surface area contributed by atoms with Crippen molar-refractivity contribution < 1.29 is 13.2 Å². The van der Waals surface area contributed by atoms with Crippen molar-refractivity contribution in [2.24, 2.45) is 0 Å². The summed E-state index contributed by atoms with van der Waals surface area (Å²) in [5.74, 6) is -0.133. The maximum absolute atomic E-state index is 12.6. The predicted molar refractivity (Wildman–Crippen MR) is 94.7 cm³/mol. The molecule has 0 radical (unpaired) electrons. The van der Waals surface area contributed by atoms with Gasteiger partial charge in [-0.05, 0) is 34.7 Å². The van der Waals surface area contributed by atoms with Crippen molar-refractivity contribution >= 4 is 27.3 Å². The van der Waals surface area contributed by atoms with E-state index in [0.717, 1.165) is 11.1 Å². The maximum Gasteiger partial charge on any atom is 0.261 e. The van der Waals surface area contributed by atoms with Gasteiger partial charge in [0.1, 0.15) is 0 Å². The maximum atomic E-state index is 12.6. The highest BCUT2D eigenvalue weighted by atomic mass is 32.2. The Bertz CT molecular complexity index is 895. The molecule has 2 aromatic carbocycles. The van der Waals surface area contributed by atoms with E-state index in [0.29, 0.717) is 11.4 Å². The van der Waals surface area contributed by atoms with Gasteiger partial charge in [0.2, 0.25) is 5.91 Å². The number of hydrogen-bond acceptors (Lipinski definition) is 3. The van der Waals surface area contributed by atoms with Gasteiger partial charge in [-0.15, -0.1) is 0 Å². The quantitative estimate of drug-likeness (QED) is 0.897. The van der Waals surface area contributed by atoms with Crippen LogP contribution < -0.4 is 10.0 Å². The van der Waals surface area contributed by atoms with Crippen LogP contribution in [0.25, 0.3) is 0 Å². The first-order valence-electron chi connectivity index (χ1n) is 7.72. The van der Waals surface area contributed by atoms with Gasteiger partial charge in [-0.3, -0.25) is 9.52 Å². The molecule has 0 spiro atoms. The number of carbonyl (C=O) groups is 1. The minimum absolute atomic E-state index is 0.0414. The standard InChI is InChI=1S/C18H20N2O3S/c1-18(2,3)13-7-9-14(10-8-13)24(22,23)20-15-6-4-5-12-11-16(21)19-17(12)15/h4-10,20H,11H2,1-3H3,(H,19,21). The lowest BCUT2D eigenvalue weighted by Crippen LogP contribution is -2.15. The molecule has 2 N–H and O–H groups in total. The molecule has 24 heavy (non-hydrogen) atoms. The molecule has 3 rings (SSSR count).